The number of phenols is 2. The van der Waals surface area contributed by atoms with Gasteiger partial charge in [-0.05, 0) is 0 Å². The highest BCUT2D eigenvalue weighted by molar-refractivity contribution is 5.80. The second-order valence-electron chi connectivity index (χ2n) is 5.07. The number of phenolic OH excluding ortho intramolecular Hbond substituents is 2. The van der Waals surface area contributed by atoms with Gasteiger partial charge in [0.2, 0.25) is 0 Å². The van der Waals surface area contributed by atoms with E-state index >= 15 is 0 Å². The third-order valence-electron chi connectivity index (χ3n) is 2.65. The average molecular weight is 220 g/mol. The SMILES string of the molecule is Cn1c(C(C)(C)C)nc2cc(O)c(O)cc21. The van der Waals surface area contributed by atoms with Crippen molar-refractivity contribution in [3.05, 3.63) is 18.0 Å². The Bertz CT molecular complexity index is 550. The maximum absolute atomic E-state index is 9.46. The first kappa shape index (κ1) is 10.8. The van der Waals surface area contributed by atoms with Gasteiger partial charge in [0.15, 0.2) is 11.5 Å². The molecule has 2 aromatic rings. The number of aromatic hydroxyl groups is 2. The predicted octanol–water partition coefficient (Wildman–Crippen LogP) is 2.28. The van der Waals surface area contributed by atoms with Gasteiger partial charge in [0.25, 0.3) is 0 Å². The van der Waals surface area contributed by atoms with Crippen LogP contribution in [0.2, 0.25) is 0 Å². The van der Waals surface area contributed by atoms with E-state index in [9.17, 15) is 10.2 Å². The first-order valence-corrected chi connectivity index (χ1v) is 5.19. The Morgan fingerprint density at radius 3 is 2.25 bits per heavy atom. The summed E-state index contributed by atoms with van der Waals surface area (Å²) in [6, 6.07) is 3.02. The fourth-order valence-corrected chi connectivity index (χ4v) is 1.89. The summed E-state index contributed by atoms with van der Waals surface area (Å²) in [6.45, 7) is 6.23. The summed E-state index contributed by atoms with van der Waals surface area (Å²) >= 11 is 0. The predicted molar refractivity (Wildman–Crippen MR) is 62.7 cm³/mol. The third-order valence-corrected chi connectivity index (χ3v) is 2.65. The van der Waals surface area contributed by atoms with Crippen molar-refractivity contribution < 1.29 is 10.2 Å². The maximum Gasteiger partial charge on any atom is 0.159 e. The fourth-order valence-electron chi connectivity index (χ4n) is 1.89. The van der Waals surface area contributed by atoms with Crippen LogP contribution in [-0.2, 0) is 12.5 Å². The summed E-state index contributed by atoms with van der Waals surface area (Å²) in [6.07, 6.45) is 0. The highest BCUT2D eigenvalue weighted by Gasteiger charge is 2.21. The number of rotatable bonds is 0. The number of imidazole rings is 1. The molecular weight excluding hydrogens is 204 g/mol. The van der Waals surface area contributed by atoms with Gasteiger partial charge in [-0.1, -0.05) is 20.8 Å². The Labute approximate surface area is 94.2 Å². The summed E-state index contributed by atoms with van der Waals surface area (Å²) < 4.78 is 1.94. The van der Waals surface area contributed by atoms with Crippen molar-refractivity contribution in [2.24, 2.45) is 7.05 Å². The molecule has 16 heavy (non-hydrogen) atoms. The van der Waals surface area contributed by atoms with Crippen LogP contribution in [0, 0.1) is 0 Å². The van der Waals surface area contributed by atoms with Crippen molar-refractivity contribution in [2.75, 3.05) is 0 Å². The van der Waals surface area contributed by atoms with Gasteiger partial charge in [-0.15, -0.1) is 0 Å². The first-order chi connectivity index (χ1) is 7.30. The van der Waals surface area contributed by atoms with Crippen LogP contribution in [0.4, 0.5) is 0 Å². The van der Waals surface area contributed by atoms with Gasteiger partial charge < -0.3 is 14.8 Å². The fraction of sp³-hybridized carbons (Fsp3) is 0.417. The number of hydrogen-bond donors (Lipinski definition) is 2. The zero-order chi connectivity index (χ0) is 12.1. The molecule has 0 fully saturated rings. The van der Waals surface area contributed by atoms with E-state index in [1.54, 1.807) is 0 Å². The van der Waals surface area contributed by atoms with E-state index in [0.717, 1.165) is 11.3 Å². The van der Waals surface area contributed by atoms with Crippen LogP contribution in [0.1, 0.15) is 26.6 Å². The summed E-state index contributed by atoms with van der Waals surface area (Å²) in [4.78, 5) is 4.48. The molecule has 1 heterocycles. The van der Waals surface area contributed by atoms with Crippen molar-refractivity contribution >= 4 is 11.0 Å². The summed E-state index contributed by atoms with van der Waals surface area (Å²) in [5.41, 5.74) is 1.45. The minimum absolute atomic E-state index is 0.0704. The zero-order valence-corrected chi connectivity index (χ0v) is 9.94. The lowest BCUT2D eigenvalue weighted by molar-refractivity contribution is 0.404. The third kappa shape index (κ3) is 1.50. The van der Waals surface area contributed by atoms with Crippen LogP contribution in [0.5, 0.6) is 11.5 Å². The number of fused-ring (bicyclic) bond motifs is 1. The van der Waals surface area contributed by atoms with Crippen LogP contribution >= 0.6 is 0 Å². The zero-order valence-electron chi connectivity index (χ0n) is 9.94. The molecule has 4 nitrogen and oxygen atoms in total. The molecule has 0 amide bonds. The van der Waals surface area contributed by atoms with E-state index in [-0.39, 0.29) is 16.9 Å². The molecule has 0 aliphatic heterocycles. The minimum atomic E-state index is -0.133. The molecule has 0 spiro atoms. The van der Waals surface area contributed by atoms with Crippen molar-refractivity contribution in [2.45, 2.75) is 26.2 Å². The molecule has 0 bridgehead atoms. The molecule has 2 rings (SSSR count). The van der Waals surface area contributed by atoms with E-state index in [1.807, 2.05) is 11.6 Å². The molecule has 0 atom stereocenters. The molecule has 0 radical (unpaired) electrons. The molecule has 0 unspecified atom stereocenters. The second-order valence-corrected chi connectivity index (χ2v) is 5.07. The normalized spacial score (nSPS) is 12.2. The van der Waals surface area contributed by atoms with Crippen LogP contribution < -0.4 is 0 Å². The Hall–Kier alpha value is -1.71. The number of aromatic nitrogens is 2. The summed E-state index contributed by atoms with van der Waals surface area (Å²) in [5.74, 6) is 0.675. The van der Waals surface area contributed by atoms with Gasteiger partial charge in [0, 0.05) is 24.6 Å². The van der Waals surface area contributed by atoms with E-state index in [4.69, 9.17) is 0 Å². The quantitative estimate of drug-likeness (QED) is 0.670. The Kier molecular flexibility index (Phi) is 2.12. The number of aryl methyl sites for hydroxylation is 1. The first-order valence-electron chi connectivity index (χ1n) is 5.19. The van der Waals surface area contributed by atoms with E-state index in [2.05, 4.69) is 25.8 Å². The molecular formula is C12H16N2O2. The van der Waals surface area contributed by atoms with Crippen molar-refractivity contribution in [1.29, 1.82) is 0 Å². The molecule has 4 heteroatoms. The molecule has 86 valence electrons. The second kappa shape index (κ2) is 3.14. The van der Waals surface area contributed by atoms with Gasteiger partial charge in [-0.3, -0.25) is 0 Å². The lowest BCUT2D eigenvalue weighted by atomic mass is 9.96. The highest BCUT2D eigenvalue weighted by atomic mass is 16.3. The van der Waals surface area contributed by atoms with Crippen LogP contribution in [-0.4, -0.2) is 19.8 Å². The Morgan fingerprint density at radius 1 is 1.12 bits per heavy atom. The molecule has 0 saturated carbocycles. The molecule has 0 aliphatic rings. The number of benzene rings is 1. The minimum Gasteiger partial charge on any atom is -0.504 e. The highest BCUT2D eigenvalue weighted by Crippen LogP contribution is 2.32. The molecule has 0 aliphatic carbocycles. The van der Waals surface area contributed by atoms with Gasteiger partial charge in [-0.25, -0.2) is 4.98 Å². The molecule has 1 aromatic heterocycles. The standard InChI is InChI=1S/C12H16N2O2/c1-12(2,3)11-13-7-5-9(15)10(16)6-8(7)14(11)4/h5-6,15-16H,1-4H3. The van der Waals surface area contributed by atoms with E-state index in [0.29, 0.717) is 5.52 Å². The largest absolute Gasteiger partial charge is 0.504 e. The van der Waals surface area contributed by atoms with Gasteiger partial charge in [-0.2, -0.15) is 0 Å². The topological polar surface area (TPSA) is 58.3 Å². The van der Waals surface area contributed by atoms with E-state index < -0.39 is 0 Å². The number of nitrogens with zero attached hydrogens (tertiary/aromatic N) is 2. The lowest BCUT2D eigenvalue weighted by Gasteiger charge is -2.17. The van der Waals surface area contributed by atoms with Gasteiger partial charge >= 0.3 is 0 Å². The van der Waals surface area contributed by atoms with Crippen molar-refractivity contribution in [3.8, 4) is 11.5 Å². The van der Waals surface area contributed by atoms with E-state index in [1.165, 1.54) is 12.1 Å². The maximum atomic E-state index is 9.46. The van der Waals surface area contributed by atoms with Crippen LogP contribution in [0.25, 0.3) is 11.0 Å². The van der Waals surface area contributed by atoms with Gasteiger partial charge in [0.05, 0.1) is 11.0 Å². The van der Waals surface area contributed by atoms with Crippen LogP contribution in [0.15, 0.2) is 12.1 Å². The van der Waals surface area contributed by atoms with Gasteiger partial charge in [0.1, 0.15) is 5.82 Å². The smallest absolute Gasteiger partial charge is 0.159 e. The van der Waals surface area contributed by atoms with Crippen molar-refractivity contribution in [1.82, 2.24) is 9.55 Å². The molecule has 1 aromatic carbocycles. The van der Waals surface area contributed by atoms with Crippen molar-refractivity contribution in [3.63, 3.8) is 0 Å². The number of hydrogen-bond acceptors (Lipinski definition) is 3. The monoisotopic (exact) mass is 220 g/mol. The summed E-state index contributed by atoms with van der Waals surface area (Å²) in [7, 11) is 1.91. The molecule has 2 N–H and O–H groups in total. The lowest BCUT2D eigenvalue weighted by Crippen LogP contribution is -2.17. The average Bonchev–Trinajstić information content (AvgIpc) is 2.45. The molecule has 0 saturated heterocycles. The summed E-state index contributed by atoms with van der Waals surface area (Å²) in [5, 5.41) is 18.9. The Morgan fingerprint density at radius 2 is 1.69 bits per heavy atom. The van der Waals surface area contributed by atoms with Crippen LogP contribution in [0.3, 0.4) is 0 Å². The Balaban J connectivity index is 2.79.